The van der Waals surface area contributed by atoms with E-state index < -0.39 is 21.5 Å². The Morgan fingerprint density at radius 1 is 1.12 bits per heavy atom. The SMILES string of the molecule is NS(=O)(=O)c1ccc(NC(=O)c2cnc3ccccn3c2=O)cc1. The summed E-state index contributed by atoms with van der Waals surface area (Å²) in [6.45, 7) is 0. The molecule has 0 bridgehead atoms. The van der Waals surface area contributed by atoms with Crippen molar-refractivity contribution in [1.29, 1.82) is 0 Å². The number of amides is 1. The number of anilines is 1. The number of primary sulfonamides is 1. The van der Waals surface area contributed by atoms with Gasteiger partial charge in [0.1, 0.15) is 11.2 Å². The van der Waals surface area contributed by atoms with Crippen molar-refractivity contribution in [3.63, 3.8) is 0 Å². The number of fused-ring (bicyclic) bond motifs is 1. The Balaban J connectivity index is 1.90. The zero-order valence-electron chi connectivity index (χ0n) is 12.2. The summed E-state index contributed by atoms with van der Waals surface area (Å²) in [5.74, 6) is -0.644. The smallest absolute Gasteiger partial charge is 0.270 e. The van der Waals surface area contributed by atoms with Crippen molar-refractivity contribution in [3.05, 3.63) is 70.8 Å². The van der Waals surface area contributed by atoms with Crippen LogP contribution in [0.25, 0.3) is 5.65 Å². The first-order chi connectivity index (χ1) is 11.4. The minimum Gasteiger partial charge on any atom is -0.322 e. The molecule has 0 saturated carbocycles. The average molecular weight is 344 g/mol. The molecule has 1 aromatic carbocycles. The number of carbonyl (C=O) groups excluding carboxylic acids is 1. The van der Waals surface area contributed by atoms with Crippen molar-refractivity contribution in [2.24, 2.45) is 5.14 Å². The van der Waals surface area contributed by atoms with Gasteiger partial charge in [-0.3, -0.25) is 14.0 Å². The van der Waals surface area contributed by atoms with Gasteiger partial charge in [-0.05, 0) is 36.4 Å². The van der Waals surface area contributed by atoms with Crippen molar-refractivity contribution < 1.29 is 13.2 Å². The van der Waals surface area contributed by atoms with Crippen LogP contribution in [0.1, 0.15) is 10.4 Å². The Bertz CT molecular complexity index is 1090. The number of sulfonamides is 1. The maximum absolute atomic E-state index is 12.3. The van der Waals surface area contributed by atoms with Crippen LogP contribution in [0, 0.1) is 0 Å². The normalized spacial score (nSPS) is 11.4. The number of rotatable bonds is 3. The molecule has 3 rings (SSSR count). The monoisotopic (exact) mass is 344 g/mol. The molecular weight excluding hydrogens is 332 g/mol. The lowest BCUT2D eigenvalue weighted by atomic mass is 10.2. The number of carbonyl (C=O) groups is 1. The highest BCUT2D eigenvalue weighted by Crippen LogP contribution is 2.13. The van der Waals surface area contributed by atoms with Crippen LogP contribution in [0.5, 0.6) is 0 Å². The molecule has 8 nitrogen and oxygen atoms in total. The molecule has 3 N–H and O–H groups in total. The van der Waals surface area contributed by atoms with Gasteiger partial charge >= 0.3 is 0 Å². The third kappa shape index (κ3) is 3.03. The van der Waals surface area contributed by atoms with E-state index >= 15 is 0 Å². The zero-order valence-corrected chi connectivity index (χ0v) is 13.0. The van der Waals surface area contributed by atoms with E-state index in [1.54, 1.807) is 18.2 Å². The molecule has 0 saturated heterocycles. The second kappa shape index (κ2) is 5.87. The van der Waals surface area contributed by atoms with Gasteiger partial charge < -0.3 is 5.32 Å². The fourth-order valence-corrected chi connectivity index (χ4v) is 2.62. The molecule has 0 aliphatic heterocycles. The molecule has 0 unspecified atom stereocenters. The first-order valence-corrected chi connectivity index (χ1v) is 8.31. The molecule has 24 heavy (non-hydrogen) atoms. The first-order valence-electron chi connectivity index (χ1n) is 6.77. The summed E-state index contributed by atoms with van der Waals surface area (Å²) in [5, 5.41) is 7.52. The average Bonchev–Trinajstić information content (AvgIpc) is 2.55. The molecule has 3 aromatic rings. The number of benzene rings is 1. The Morgan fingerprint density at radius 2 is 1.83 bits per heavy atom. The van der Waals surface area contributed by atoms with Crippen LogP contribution in [0.4, 0.5) is 5.69 Å². The fraction of sp³-hybridized carbons (Fsp3) is 0. The zero-order chi connectivity index (χ0) is 17.3. The van der Waals surface area contributed by atoms with E-state index in [0.29, 0.717) is 11.3 Å². The molecule has 0 atom stereocenters. The summed E-state index contributed by atoms with van der Waals surface area (Å²) >= 11 is 0. The van der Waals surface area contributed by atoms with Gasteiger partial charge in [0.05, 0.1) is 4.90 Å². The third-order valence-electron chi connectivity index (χ3n) is 3.30. The Hall–Kier alpha value is -3.04. The molecule has 9 heteroatoms. The van der Waals surface area contributed by atoms with Gasteiger partial charge in [-0.2, -0.15) is 0 Å². The summed E-state index contributed by atoms with van der Waals surface area (Å²) < 4.78 is 23.7. The van der Waals surface area contributed by atoms with Crippen LogP contribution in [0.15, 0.2) is 64.5 Å². The highest BCUT2D eigenvalue weighted by molar-refractivity contribution is 7.89. The lowest BCUT2D eigenvalue weighted by Crippen LogP contribution is -2.26. The molecule has 0 fully saturated rings. The van der Waals surface area contributed by atoms with Gasteiger partial charge in [-0.15, -0.1) is 0 Å². The predicted molar refractivity (Wildman–Crippen MR) is 87.2 cm³/mol. The van der Waals surface area contributed by atoms with Crippen LogP contribution in [-0.2, 0) is 10.0 Å². The summed E-state index contributed by atoms with van der Waals surface area (Å²) in [6, 6.07) is 10.3. The van der Waals surface area contributed by atoms with Gasteiger partial charge in [0.15, 0.2) is 0 Å². The van der Waals surface area contributed by atoms with Gasteiger partial charge in [-0.1, -0.05) is 6.07 Å². The van der Waals surface area contributed by atoms with Crippen LogP contribution >= 0.6 is 0 Å². The van der Waals surface area contributed by atoms with E-state index in [1.165, 1.54) is 41.1 Å². The Morgan fingerprint density at radius 3 is 2.50 bits per heavy atom. The quantitative estimate of drug-likeness (QED) is 0.720. The van der Waals surface area contributed by atoms with Crippen LogP contribution in [-0.4, -0.2) is 23.7 Å². The second-order valence-corrected chi connectivity index (χ2v) is 6.49. The Kier molecular flexibility index (Phi) is 3.87. The van der Waals surface area contributed by atoms with Gasteiger partial charge in [0.25, 0.3) is 11.5 Å². The lowest BCUT2D eigenvalue weighted by Gasteiger charge is -2.06. The molecule has 2 aromatic heterocycles. The molecule has 122 valence electrons. The van der Waals surface area contributed by atoms with Crippen LogP contribution in [0.3, 0.4) is 0 Å². The van der Waals surface area contributed by atoms with E-state index in [0.717, 1.165) is 0 Å². The summed E-state index contributed by atoms with van der Waals surface area (Å²) in [6.07, 6.45) is 2.72. The highest BCUT2D eigenvalue weighted by Gasteiger charge is 2.14. The second-order valence-electron chi connectivity index (χ2n) is 4.93. The minimum atomic E-state index is -3.81. The van der Waals surface area contributed by atoms with Gasteiger partial charge in [0.2, 0.25) is 10.0 Å². The third-order valence-corrected chi connectivity index (χ3v) is 4.23. The predicted octanol–water partition coefficient (Wildman–Crippen LogP) is 0.594. The molecule has 0 aliphatic rings. The Labute approximate surface area is 136 Å². The number of pyridine rings is 1. The lowest BCUT2D eigenvalue weighted by molar-refractivity contribution is 0.102. The number of nitrogens with two attached hydrogens (primary N) is 1. The molecule has 2 heterocycles. The van der Waals surface area contributed by atoms with Crippen molar-refractivity contribution in [2.45, 2.75) is 4.90 Å². The minimum absolute atomic E-state index is 0.0760. The van der Waals surface area contributed by atoms with Gasteiger partial charge in [0, 0.05) is 18.1 Å². The summed E-state index contributed by atoms with van der Waals surface area (Å²) in [4.78, 5) is 28.5. The standard InChI is InChI=1S/C15H12N4O4S/c16-24(22,23)11-6-4-10(5-7-11)18-14(20)12-9-17-13-3-1-2-8-19(13)15(12)21/h1-9H,(H,18,20)(H2,16,22,23). The molecule has 0 radical (unpaired) electrons. The number of aromatic nitrogens is 2. The highest BCUT2D eigenvalue weighted by atomic mass is 32.2. The largest absolute Gasteiger partial charge is 0.322 e. The molecule has 1 amide bonds. The van der Waals surface area contributed by atoms with Crippen molar-refractivity contribution in [2.75, 3.05) is 5.32 Å². The van der Waals surface area contributed by atoms with E-state index in [-0.39, 0.29) is 10.5 Å². The number of nitrogens with one attached hydrogen (secondary N) is 1. The number of hydrogen-bond acceptors (Lipinski definition) is 5. The topological polar surface area (TPSA) is 124 Å². The van der Waals surface area contributed by atoms with E-state index in [1.807, 2.05) is 0 Å². The van der Waals surface area contributed by atoms with E-state index in [2.05, 4.69) is 10.3 Å². The molecular formula is C15H12N4O4S. The van der Waals surface area contributed by atoms with Crippen molar-refractivity contribution >= 4 is 27.3 Å². The molecule has 0 spiro atoms. The summed E-state index contributed by atoms with van der Waals surface area (Å²) in [5.41, 5.74) is 0.120. The number of hydrogen-bond donors (Lipinski definition) is 2. The summed E-state index contributed by atoms with van der Waals surface area (Å²) in [7, 11) is -3.81. The number of nitrogens with zero attached hydrogens (tertiary/aromatic N) is 2. The first kappa shape index (κ1) is 15.8. The maximum atomic E-state index is 12.3. The molecule has 0 aliphatic carbocycles. The van der Waals surface area contributed by atoms with E-state index in [9.17, 15) is 18.0 Å². The van der Waals surface area contributed by atoms with Crippen molar-refractivity contribution in [3.8, 4) is 0 Å². The van der Waals surface area contributed by atoms with Crippen LogP contribution in [0.2, 0.25) is 0 Å². The maximum Gasteiger partial charge on any atom is 0.270 e. The van der Waals surface area contributed by atoms with Gasteiger partial charge in [-0.25, -0.2) is 18.5 Å². The van der Waals surface area contributed by atoms with Crippen LogP contribution < -0.4 is 16.0 Å². The fourth-order valence-electron chi connectivity index (χ4n) is 2.11. The van der Waals surface area contributed by atoms with E-state index in [4.69, 9.17) is 5.14 Å². The van der Waals surface area contributed by atoms with Crippen molar-refractivity contribution in [1.82, 2.24) is 9.38 Å².